The number of hydrogen-bond acceptors (Lipinski definition) is 3. The third kappa shape index (κ3) is 1.44. The van der Waals surface area contributed by atoms with Crippen LogP contribution in [-0.4, -0.2) is 21.4 Å². The van der Waals surface area contributed by atoms with E-state index in [1.807, 2.05) is 7.05 Å². The first kappa shape index (κ1) is 9.68. The largest absolute Gasteiger partial charge is 0.384 e. The van der Waals surface area contributed by atoms with Crippen LogP contribution in [0.3, 0.4) is 0 Å². The summed E-state index contributed by atoms with van der Waals surface area (Å²) >= 11 is 0. The second kappa shape index (κ2) is 3.07. The van der Waals surface area contributed by atoms with Crippen molar-refractivity contribution >= 4 is 0 Å². The summed E-state index contributed by atoms with van der Waals surface area (Å²) in [5.41, 5.74) is 2.42. The van der Waals surface area contributed by atoms with Gasteiger partial charge in [0.1, 0.15) is 5.60 Å². The Kier molecular flexibility index (Phi) is 2.12. The Labute approximate surface area is 83.9 Å². The molecule has 0 unspecified atom stereocenters. The third-order valence-corrected chi connectivity index (χ3v) is 2.65. The molecule has 4 heteroatoms. The Balaban J connectivity index is 2.53. The van der Waals surface area contributed by atoms with Crippen LogP contribution in [0.2, 0.25) is 0 Å². The van der Waals surface area contributed by atoms with E-state index < -0.39 is 5.60 Å². The molecule has 0 bridgehead atoms. The summed E-state index contributed by atoms with van der Waals surface area (Å²) in [5.74, 6) is 0. The lowest BCUT2D eigenvalue weighted by molar-refractivity contribution is 0.0684. The zero-order valence-electron chi connectivity index (χ0n) is 8.96. The van der Waals surface area contributed by atoms with E-state index in [-0.39, 0.29) is 0 Å². The van der Waals surface area contributed by atoms with Crippen molar-refractivity contribution in [3.05, 3.63) is 17.0 Å². The molecule has 2 heterocycles. The molecule has 0 atom stereocenters. The summed E-state index contributed by atoms with van der Waals surface area (Å²) < 4.78 is 1.80. The van der Waals surface area contributed by atoms with Crippen LogP contribution in [-0.2, 0) is 25.6 Å². The molecule has 0 fully saturated rings. The maximum Gasteiger partial charge on any atom is 0.101 e. The second-order valence-electron chi connectivity index (χ2n) is 4.38. The standard InChI is InChI=1S/C10H17N3O/c1-10(2,14)9-7-6-11-5-4-8(7)12-13(9)3/h11,14H,4-6H2,1-3H3. The fourth-order valence-corrected chi connectivity index (χ4v) is 2.20. The molecule has 0 radical (unpaired) electrons. The molecule has 4 nitrogen and oxygen atoms in total. The quantitative estimate of drug-likeness (QED) is 0.677. The molecular formula is C10H17N3O. The highest BCUT2D eigenvalue weighted by Gasteiger charge is 2.28. The first-order chi connectivity index (χ1) is 6.50. The molecule has 0 aromatic carbocycles. The van der Waals surface area contributed by atoms with Crippen molar-refractivity contribution in [2.75, 3.05) is 6.54 Å². The van der Waals surface area contributed by atoms with E-state index in [9.17, 15) is 5.11 Å². The molecule has 2 rings (SSSR count). The number of nitrogens with zero attached hydrogens (tertiary/aromatic N) is 2. The highest BCUT2D eigenvalue weighted by Crippen LogP contribution is 2.27. The highest BCUT2D eigenvalue weighted by atomic mass is 16.3. The molecule has 2 N–H and O–H groups in total. The van der Waals surface area contributed by atoms with Crippen LogP contribution in [0, 0.1) is 0 Å². The fraction of sp³-hybridized carbons (Fsp3) is 0.700. The Hall–Kier alpha value is -0.870. The van der Waals surface area contributed by atoms with E-state index in [1.54, 1.807) is 18.5 Å². The van der Waals surface area contributed by atoms with Gasteiger partial charge in [-0.25, -0.2) is 0 Å². The Morgan fingerprint density at radius 1 is 1.50 bits per heavy atom. The zero-order valence-corrected chi connectivity index (χ0v) is 8.96. The monoisotopic (exact) mass is 195 g/mol. The normalized spacial score (nSPS) is 16.9. The van der Waals surface area contributed by atoms with Gasteiger partial charge in [0.2, 0.25) is 0 Å². The van der Waals surface area contributed by atoms with E-state index >= 15 is 0 Å². The fourth-order valence-electron chi connectivity index (χ4n) is 2.20. The van der Waals surface area contributed by atoms with Crippen LogP contribution in [0.15, 0.2) is 0 Å². The van der Waals surface area contributed by atoms with Crippen LogP contribution in [0.4, 0.5) is 0 Å². The Morgan fingerprint density at radius 2 is 2.21 bits per heavy atom. The maximum atomic E-state index is 10.0. The first-order valence-electron chi connectivity index (χ1n) is 4.98. The maximum absolute atomic E-state index is 10.0. The van der Waals surface area contributed by atoms with E-state index in [1.165, 1.54) is 5.56 Å². The summed E-state index contributed by atoms with van der Waals surface area (Å²) in [4.78, 5) is 0. The minimum absolute atomic E-state index is 0.811. The van der Waals surface area contributed by atoms with Gasteiger partial charge in [-0.05, 0) is 13.8 Å². The van der Waals surface area contributed by atoms with Gasteiger partial charge in [-0.3, -0.25) is 4.68 Å². The SMILES string of the molecule is Cn1nc2c(c1C(C)(C)O)CNCC2. The number of aryl methyl sites for hydroxylation is 1. The van der Waals surface area contributed by atoms with Crippen molar-refractivity contribution in [2.24, 2.45) is 7.05 Å². The summed E-state index contributed by atoms with van der Waals surface area (Å²) in [5, 5.41) is 17.8. The zero-order chi connectivity index (χ0) is 10.3. The number of fused-ring (bicyclic) bond motifs is 1. The topological polar surface area (TPSA) is 50.1 Å². The van der Waals surface area contributed by atoms with Gasteiger partial charge in [-0.15, -0.1) is 0 Å². The highest BCUT2D eigenvalue weighted by molar-refractivity contribution is 5.31. The van der Waals surface area contributed by atoms with Crippen molar-refractivity contribution in [3.8, 4) is 0 Å². The number of rotatable bonds is 1. The molecule has 0 spiro atoms. The lowest BCUT2D eigenvalue weighted by atomic mass is 9.97. The average Bonchev–Trinajstić information content (AvgIpc) is 2.38. The van der Waals surface area contributed by atoms with Crippen molar-refractivity contribution in [3.63, 3.8) is 0 Å². The molecule has 1 aliphatic heterocycles. The lowest BCUT2D eigenvalue weighted by Crippen LogP contribution is -2.27. The number of hydrogen-bond donors (Lipinski definition) is 2. The summed E-state index contributed by atoms with van der Waals surface area (Å²) in [7, 11) is 1.89. The molecular weight excluding hydrogens is 178 g/mol. The molecule has 0 amide bonds. The van der Waals surface area contributed by atoms with Gasteiger partial charge < -0.3 is 10.4 Å². The van der Waals surface area contributed by atoms with Gasteiger partial charge in [-0.2, -0.15) is 5.10 Å². The van der Waals surface area contributed by atoms with Gasteiger partial charge in [0.15, 0.2) is 0 Å². The van der Waals surface area contributed by atoms with Gasteiger partial charge >= 0.3 is 0 Å². The van der Waals surface area contributed by atoms with Crippen LogP contribution in [0.5, 0.6) is 0 Å². The number of aromatic nitrogens is 2. The van der Waals surface area contributed by atoms with Crippen LogP contribution in [0.1, 0.15) is 30.8 Å². The van der Waals surface area contributed by atoms with Gasteiger partial charge in [0.05, 0.1) is 11.4 Å². The lowest BCUT2D eigenvalue weighted by Gasteiger charge is -2.21. The molecule has 14 heavy (non-hydrogen) atoms. The van der Waals surface area contributed by atoms with Gasteiger partial charge in [0.25, 0.3) is 0 Å². The van der Waals surface area contributed by atoms with E-state index in [0.717, 1.165) is 30.9 Å². The van der Waals surface area contributed by atoms with E-state index in [4.69, 9.17) is 0 Å². The molecule has 1 aromatic rings. The molecule has 0 saturated heterocycles. The van der Waals surface area contributed by atoms with E-state index in [2.05, 4.69) is 10.4 Å². The van der Waals surface area contributed by atoms with Gasteiger partial charge in [-0.1, -0.05) is 0 Å². The molecule has 78 valence electrons. The summed E-state index contributed by atoms with van der Waals surface area (Å²) in [6, 6.07) is 0. The van der Waals surface area contributed by atoms with Gasteiger partial charge in [0, 0.05) is 32.1 Å². The second-order valence-corrected chi connectivity index (χ2v) is 4.38. The van der Waals surface area contributed by atoms with Crippen molar-refractivity contribution in [1.82, 2.24) is 15.1 Å². The van der Waals surface area contributed by atoms with Crippen molar-refractivity contribution in [2.45, 2.75) is 32.4 Å². The molecule has 1 aliphatic rings. The van der Waals surface area contributed by atoms with Crippen molar-refractivity contribution in [1.29, 1.82) is 0 Å². The first-order valence-corrected chi connectivity index (χ1v) is 4.98. The Morgan fingerprint density at radius 3 is 2.86 bits per heavy atom. The summed E-state index contributed by atoms with van der Waals surface area (Å²) in [6.07, 6.45) is 0.958. The van der Waals surface area contributed by atoms with E-state index in [0.29, 0.717) is 0 Å². The third-order valence-electron chi connectivity index (χ3n) is 2.65. The predicted molar refractivity (Wildman–Crippen MR) is 53.9 cm³/mol. The number of aliphatic hydroxyl groups is 1. The van der Waals surface area contributed by atoms with Crippen LogP contribution in [0.25, 0.3) is 0 Å². The smallest absolute Gasteiger partial charge is 0.101 e. The van der Waals surface area contributed by atoms with Crippen LogP contribution >= 0.6 is 0 Å². The van der Waals surface area contributed by atoms with Crippen LogP contribution < -0.4 is 5.32 Å². The van der Waals surface area contributed by atoms with Crippen molar-refractivity contribution < 1.29 is 5.11 Å². The average molecular weight is 195 g/mol. The minimum atomic E-state index is -0.811. The Bertz CT molecular complexity index is 349. The molecule has 0 saturated carbocycles. The predicted octanol–water partition coefficient (Wildman–Crippen LogP) is 0.293. The number of nitrogens with one attached hydrogen (secondary N) is 1. The minimum Gasteiger partial charge on any atom is -0.384 e. The summed E-state index contributed by atoms with van der Waals surface area (Å²) in [6.45, 7) is 5.41. The molecule has 1 aromatic heterocycles. The molecule has 0 aliphatic carbocycles.